The second-order valence-electron chi connectivity index (χ2n) is 9.75. The molecule has 0 aliphatic carbocycles. The summed E-state index contributed by atoms with van der Waals surface area (Å²) in [5, 5.41) is 7.96. The molecule has 0 radical (unpaired) electrons. The highest BCUT2D eigenvalue weighted by molar-refractivity contribution is 5.90. The fourth-order valence-electron chi connectivity index (χ4n) is 5.19. The van der Waals surface area contributed by atoms with Crippen LogP contribution in [-0.4, -0.2) is 25.3 Å². The van der Waals surface area contributed by atoms with Crippen LogP contribution in [0.15, 0.2) is 91.1 Å². The molecule has 1 aliphatic rings. The molecule has 0 bridgehead atoms. The van der Waals surface area contributed by atoms with Gasteiger partial charge in [0.05, 0.1) is 29.7 Å². The summed E-state index contributed by atoms with van der Waals surface area (Å²) in [5.74, 6) is 0.528. The monoisotopic (exact) mass is 505 g/mol. The fraction of sp³-hybridized carbons (Fsp3) is 0.161. The minimum Gasteiger partial charge on any atom is -0.308 e. The van der Waals surface area contributed by atoms with Gasteiger partial charge in [0.1, 0.15) is 11.6 Å². The number of carbonyl (C=O) groups is 1. The highest BCUT2D eigenvalue weighted by Gasteiger charge is 2.36. The first-order chi connectivity index (χ1) is 18.4. The summed E-state index contributed by atoms with van der Waals surface area (Å²) in [6.07, 6.45) is 1.98. The summed E-state index contributed by atoms with van der Waals surface area (Å²) >= 11 is 0. The second-order valence-corrected chi connectivity index (χ2v) is 9.75. The number of aryl methyl sites for hydroxylation is 3. The van der Waals surface area contributed by atoms with Crippen molar-refractivity contribution in [1.82, 2.24) is 19.2 Å². The van der Waals surface area contributed by atoms with E-state index in [1.54, 1.807) is 11.0 Å². The fourth-order valence-corrected chi connectivity index (χ4v) is 5.19. The molecule has 6 nitrogen and oxygen atoms in total. The number of halogens is 1. The van der Waals surface area contributed by atoms with Crippen LogP contribution >= 0.6 is 0 Å². The molecule has 0 spiro atoms. The molecule has 38 heavy (non-hydrogen) atoms. The standard InChI is InChI=1S/C31H28FN5O/c1-20-14-15-25(17-21(20)2)33-31(38)36-19-27-22(3)34-37(26-11-5-4-6-12-26)30(27)35-16-8-13-28(35)29(36)23-9-7-10-24(32)18-23/h4-18,29H,19H2,1-3H3,(H,33,38). The number of nitrogens with one attached hydrogen (secondary N) is 1. The number of hydrogen-bond donors (Lipinski definition) is 1. The summed E-state index contributed by atoms with van der Waals surface area (Å²) in [6.45, 7) is 6.32. The molecular formula is C31H28FN5O. The van der Waals surface area contributed by atoms with E-state index in [1.165, 1.54) is 12.1 Å². The van der Waals surface area contributed by atoms with E-state index in [2.05, 4.69) is 9.88 Å². The van der Waals surface area contributed by atoms with E-state index < -0.39 is 6.04 Å². The van der Waals surface area contributed by atoms with E-state index in [0.29, 0.717) is 17.8 Å². The lowest BCUT2D eigenvalue weighted by Gasteiger charge is -2.31. The zero-order chi connectivity index (χ0) is 26.4. The van der Waals surface area contributed by atoms with E-state index >= 15 is 0 Å². The highest BCUT2D eigenvalue weighted by Crippen LogP contribution is 2.39. The second kappa shape index (κ2) is 9.34. The Labute approximate surface area is 221 Å². The first-order valence-corrected chi connectivity index (χ1v) is 12.6. The number of carbonyl (C=O) groups excluding carboxylic acids is 1. The molecule has 190 valence electrons. The first-order valence-electron chi connectivity index (χ1n) is 12.6. The largest absolute Gasteiger partial charge is 0.322 e. The van der Waals surface area contributed by atoms with Crippen molar-refractivity contribution < 1.29 is 9.18 Å². The lowest BCUT2D eigenvalue weighted by Crippen LogP contribution is -2.38. The molecule has 6 rings (SSSR count). The summed E-state index contributed by atoms with van der Waals surface area (Å²) in [6, 6.07) is 25.4. The van der Waals surface area contributed by atoms with Crippen LogP contribution in [0.3, 0.4) is 0 Å². The molecule has 1 N–H and O–H groups in total. The maximum atomic E-state index is 14.5. The Morgan fingerprint density at radius 1 is 0.921 bits per heavy atom. The smallest absolute Gasteiger partial charge is 0.308 e. The van der Waals surface area contributed by atoms with E-state index in [-0.39, 0.29) is 11.8 Å². The van der Waals surface area contributed by atoms with Crippen LogP contribution in [-0.2, 0) is 6.54 Å². The third-order valence-corrected chi connectivity index (χ3v) is 7.27. The summed E-state index contributed by atoms with van der Waals surface area (Å²) in [7, 11) is 0. The van der Waals surface area contributed by atoms with Gasteiger partial charge in [-0.15, -0.1) is 0 Å². The summed E-state index contributed by atoms with van der Waals surface area (Å²) in [5.41, 5.74) is 7.19. The molecule has 2 amide bonds. The molecule has 3 heterocycles. The Kier molecular flexibility index (Phi) is 5.83. The van der Waals surface area contributed by atoms with Gasteiger partial charge in [-0.3, -0.25) is 0 Å². The van der Waals surface area contributed by atoms with E-state index in [0.717, 1.165) is 39.6 Å². The van der Waals surface area contributed by atoms with Gasteiger partial charge in [-0.05, 0) is 86.0 Å². The van der Waals surface area contributed by atoms with Gasteiger partial charge in [0.2, 0.25) is 0 Å². The Morgan fingerprint density at radius 3 is 2.50 bits per heavy atom. The molecule has 2 aromatic heterocycles. The number of aromatic nitrogens is 3. The SMILES string of the molecule is Cc1ccc(NC(=O)N2Cc3c(C)nn(-c4ccccc4)c3-n3cccc3C2c2cccc(F)c2)cc1C. The van der Waals surface area contributed by atoms with Gasteiger partial charge in [-0.1, -0.05) is 36.4 Å². The third-order valence-electron chi connectivity index (χ3n) is 7.27. The number of benzene rings is 3. The Balaban J connectivity index is 1.53. The van der Waals surface area contributed by atoms with Gasteiger partial charge < -0.3 is 14.8 Å². The van der Waals surface area contributed by atoms with Crippen molar-refractivity contribution in [2.45, 2.75) is 33.4 Å². The van der Waals surface area contributed by atoms with Crippen molar-refractivity contribution in [3.8, 4) is 11.5 Å². The van der Waals surface area contributed by atoms with Crippen LogP contribution in [0.5, 0.6) is 0 Å². The number of urea groups is 1. The predicted octanol–water partition coefficient (Wildman–Crippen LogP) is 6.86. The van der Waals surface area contributed by atoms with Crippen LogP contribution in [0.25, 0.3) is 11.5 Å². The van der Waals surface area contributed by atoms with Gasteiger partial charge in [-0.25, -0.2) is 13.9 Å². The van der Waals surface area contributed by atoms with E-state index in [4.69, 9.17) is 5.10 Å². The number of rotatable bonds is 3. The predicted molar refractivity (Wildman–Crippen MR) is 146 cm³/mol. The summed E-state index contributed by atoms with van der Waals surface area (Å²) in [4.78, 5) is 15.8. The van der Waals surface area contributed by atoms with Crippen molar-refractivity contribution in [1.29, 1.82) is 0 Å². The first kappa shape index (κ1) is 23.7. The van der Waals surface area contributed by atoms with Gasteiger partial charge in [0.15, 0.2) is 0 Å². The van der Waals surface area contributed by atoms with E-state index in [9.17, 15) is 9.18 Å². The molecule has 0 fully saturated rings. The van der Waals surface area contributed by atoms with Gasteiger partial charge in [0.25, 0.3) is 0 Å². The topological polar surface area (TPSA) is 55.1 Å². The molecule has 1 aliphatic heterocycles. The van der Waals surface area contributed by atoms with Crippen LogP contribution in [0.4, 0.5) is 14.9 Å². The van der Waals surface area contributed by atoms with Crippen LogP contribution in [0.2, 0.25) is 0 Å². The number of fused-ring (bicyclic) bond motifs is 3. The molecular weight excluding hydrogens is 477 g/mol. The Bertz CT molecular complexity index is 1650. The average Bonchev–Trinajstić information content (AvgIpc) is 3.47. The molecule has 7 heteroatoms. The van der Waals surface area contributed by atoms with E-state index in [1.807, 2.05) is 98.4 Å². The van der Waals surface area contributed by atoms with Crippen molar-refractivity contribution in [2.24, 2.45) is 0 Å². The van der Waals surface area contributed by atoms with Crippen LogP contribution < -0.4 is 5.32 Å². The number of hydrogen-bond acceptors (Lipinski definition) is 2. The minimum atomic E-state index is -0.525. The lowest BCUT2D eigenvalue weighted by atomic mass is 10.0. The normalized spacial score (nSPS) is 14.5. The third kappa shape index (κ3) is 4.06. The zero-order valence-electron chi connectivity index (χ0n) is 21.5. The van der Waals surface area contributed by atoms with Crippen molar-refractivity contribution in [3.05, 3.63) is 131 Å². The molecule has 3 aromatic carbocycles. The van der Waals surface area contributed by atoms with Crippen molar-refractivity contribution in [3.63, 3.8) is 0 Å². The Hall–Kier alpha value is -4.65. The quantitative estimate of drug-likeness (QED) is 0.291. The number of anilines is 1. The molecule has 1 atom stereocenters. The molecule has 0 saturated carbocycles. The molecule has 5 aromatic rings. The highest BCUT2D eigenvalue weighted by atomic mass is 19.1. The minimum absolute atomic E-state index is 0.269. The van der Waals surface area contributed by atoms with Crippen LogP contribution in [0.1, 0.15) is 39.7 Å². The summed E-state index contributed by atoms with van der Waals surface area (Å²) < 4.78 is 18.5. The molecule has 0 saturated heterocycles. The van der Waals surface area contributed by atoms with Crippen LogP contribution in [0, 0.1) is 26.6 Å². The molecule has 1 unspecified atom stereocenters. The van der Waals surface area contributed by atoms with Gasteiger partial charge in [-0.2, -0.15) is 5.10 Å². The average molecular weight is 506 g/mol. The number of amides is 2. The Morgan fingerprint density at radius 2 is 1.74 bits per heavy atom. The number of para-hydroxylation sites is 1. The van der Waals surface area contributed by atoms with Gasteiger partial charge >= 0.3 is 6.03 Å². The zero-order valence-corrected chi connectivity index (χ0v) is 21.5. The van der Waals surface area contributed by atoms with Crippen molar-refractivity contribution >= 4 is 11.7 Å². The maximum Gasteiger partial charge on any atom is 0.322 e. The van der Waals surface area contributed by atoms with Gasteiger partial charge in [0, 0.05) is 17.4 Å². The van der Waals surface area contributed by atoms with Crippen molar-refractivity contribution in [2.75, 3.05) is 5.32 Å². The number of nitrogens with zero attached hydrogens (tertiary/aromatic N) is 4. The lowest BCUT2D eigenvalue weighted by molar-refractivity contribution is 0.194. The maximum absolute atomic E-state index is 14.5.